The van der Waals surface area contributed by atoms with E-state index in [1.54, 1.807) is 30.0 Å². The lowest BCUT2D eigenvalue weighted by Crippen LogP contribution is -2.10. The van der Waals surface area contributed by atoms with Crippen molar-refractivity contribution in [3.63, 3.8) is 0 Å². The van der Waals surface area contributed by atoms with Crippen molar-refractivity contribution in [2.24, 2.45) is 0 Å². The van der Waals surface area contributed by atoms with E-state index in [4.69, 9.17) is 10.5 Å². The highest BCUT2D eigenvalue weighted by molar-refractivity contribution is 8.08. The second-order valence-electron chi connectivity index (χ2n) is 5.03. The molecule has 116 valence electrons. The summed E-state index contributed by atoms with van der Waals surface area (Å²) >= 11 is 1.66. The van der Waals surface area contributed by atoms with Crippen LogP contribution < -0.4 is 10.5 Å². The highest BCUT2D eigenvalue weighted by Crippen LogP contribution is 2.33. The quantitative estimate of drug-likeness (QED) is 0.495. The predicted molar refractivity (Wildman–Crippen MR) is 87.3 cm³/mol. The number of ether oxygens (including phenoxy) is 1. The molecule has 3 rings (SSSR count). The fourth-order valence-electron chi connectivity index (χ4n) is 1.94. The fourth-order valence-corrected chi connectivity index (χ4v) is 4.62. The van der Waals surface area contributed by atoms with Gasteiger partial charge in [-0.2, -0.15) is 11.8 Å². The normalized spacial score (nSPS) is 17.2. The van der Waals surface area contributed by atoms with E-state index in [0.29, 0.717) is 16.4 Å². The Morgan fingerprint density at radius 3 is 2.41 bits per heavy atom. The summed E-state index contributed by atoms with van der Waals surface area (Å²) in [4.78, 5) is 0.299. The number of aromatic hydroxyl groups is 1. The van der Waals surface area contributed by atoms with E-state index >= 15 is 0 Å². The molecule has 0 spiro atoms. The second kappa shape index (κ2) is 5.73. The Balaban J connectivity index is 1.74. The highest BCUT2D eigenvalue weighted by atomic mass is 32.2. The van der Waals surface area contributed by atoms with Crippen LogP contribution in [0, 0.1) is 0 Å². The summed E-state index contributed by atoms with van der Waals surface area (Å²) in [6, 6.07) is 10.8. The SMILES string of the molecule is Nc1ccc(Oc2ccc(S(=O)(=O)CC3CS3)cc2)cc1O. The van der Waals surface area contributed by atoms with Gasteiger partial charge in [0.15, 0.2) is 9.84 Å². The second-order valence-corrected chi connectivity index (χ2v) is 8.40. The molecule has 2 aromatic rings. The van der Waals surface area contributed by atoms with Gasteiger partial charge in [0, 0.05) is 17.1 Å². The van der Waals surface area contributed by atoms with Crippen molar-refractivity contribution in [3.05, 3.63) is 42.5 Å². The molecular formula is C15H15NO4S2. The molecule has 0 amide bonds. The molecule has 2 aromatic carbocycles. The average molecular weight is 337 g/mol. The largest absolute Gasteiger partial charge is 0.506 e. The van der Waals surface area contributed by atoms with Gasteiger partial charge in [0.2, 0.25) is 0 Å². The zero-order valence-electron chi connectivity index (χ0n) is 11.6. The van der Waals surface area contributed by atoms with Gasteiger partial charge in [-0.25, -0.2) is 8.42 Å². The first-order valence-corrected chi connectivity index (χ1v) is 9.35. The third kappa shape index (κ3) is 3.48. The molecule has 1 atom stereocenters. The van der Waals surface area contributed by atoms with Crippen molar-refractivity contribution >= 4 is 27.3 Å². The first-order chi connectivity index (χ1) is 10.4. The predicted octanol–water partition coefficient (Wildman–Crippen LogP) is 2.66. The van der Waals surface area contributed by atoms with E-state index in [-0.39, 0.29) is 22.4 Å². The molecule has 22 heavy (non-hydrogen) atoms. The molecule has 1 heterocycles. The summed E-state index contributed by atoms with van der Waals surface area (Å²) in [6.07, 6.45) is 0. The average Bonchev–Trinajstić information content (AvgIpc) is 3.27. The van der Waals surface area contributed by atoms with Crippen molar-refractivity contribution in [1.82, 2.24) is 0 Å². The summed E-state index contributed by atoms with van der Waals surface area (Å²) in [5.41, 5.74) is 5.79. The minimum atomic E-state index is -3.23. The van der Waals surface area contributed by atoms with Crippen LogP contribution in [-0.2, 0) is 9.84 Å². The number of thioether (sulfide) groups is 1. The third-order valence-corrected chi connectivity index (χ3v) is 6.24. The van der Waals surface area contributed by atoms with Crippen LogP contribution in [-0.4, -0.2) is 30.3 Å². The van der Waals surface area contributed by atoms with Crippen LogP contribution in [0.3, 0.4) is 0 Å². The summed E-state index contributed by atoms with van der Waals surface area (Å²) in [7, 11) is -3.23. The van der Waals surface area contributed by atoms with Gasteiger partial charge < -0.3 is 15.6 Å². The van der Waals surface area contributed by atoms with Gasteiger partial charge >= 0.3 is 0 Å². The Hall–Kier alpha value is -1.86. The van der Waals surface area contributed by atoms with Crippen LogP contribution in [0.2, 0.25) is 0 Å². The maximum Gasteiger partial charge on any atom is 0.179 e. The summed E-state index contributed by atoms with van der Waals surface area (Å²) in [5, 5.41) is 9.77. The molecule has 3 N–H and O–H groups in total. The molecule has 0 aromatic heterocycles. The number of nitrogens with two attached hydrogens (primary N) is 1. The lowest BCUT2D eigenvalue weighted by Gasteiger charge is -2.08. The molecular weight excluding hydrogens is 322 g/mol. The van der Waals surface area contributed by atoms with Crippen LogP contribution in [0.4, 0.5) is 5.69 Å². The first-order valence-electron chi connectivity index (χ1n) is 6.65. The molecule has 1 aliphatic heterocycles. The molecule has 0 bridgehead atoms. The Morgan fingerprint density at radius 2 is 1.82 bits per heavy atom. The van der Waals surface area contributed by atoms with E-state index in [9.17, 15) is 13.5 Å². The third-order valence-electron chi connectivity index (χ3n) is 3.23. The van der Waals surface area contributed by atoms with Gasteiger partial charge in [0.1, 0.15) is 17.2 Å². The van der Waals surface area contributed by atoms with E-state index in [2.05, 4.69) is 0 Å². The Morgan fingerprint density at radius 1 is 1.18 bits per heavy atom. The van der Waals surface area contributed by atoms with E-state index in [1.165, 1.54) is 24.3 Å². The number of hydrogen-bond donors (Lipinski definition) is 2. The number of sulfone groups is 1. The zero-order chi connectivity index (χ0) is 15.7. The minimum absolute atomic E-state index is 0.0568. The van der Waals surface area contributed by atoms with Gasteiger partial charge in [0.25, 0.3) is 0 Å². The molecule has 0 saturated carbocycles. The minimum Gasteiger partial charge on any atom is -0.506 e. The van der Waals surface area contributed by atoms with E-state index in [1.807, 2.05) is 0 Å². The standard InChI is InChI=1S/C15H15NO4S2/c16-14-6-3-11(7-15(14)17)20-10-1-4-13(5-2-10)22(18,19)9-12-8-21-12/h1-7,12,17H,8-9,16H2. The van der Waals surface area contributed by atoms with Crippen LogP contribution >= 0.6 is 11.8 Å². The van der Waals surface area contributed by atoms with Crippen molar-refractivity contribution in [2.45, 2.75) is 10.1 Å². The Labute approximate surface area is 133 Å². The number of hydrogen-bond acceptors (Lipinski definition) is 6. The lowest BCUT2D eigenvalue weighted by molar-refractivity contribution is 0.457. The number of benzene rings is 2. The molecule has 0 aliphatic carbocycles. The molecule has 1 saturated heterocycles. The van der Waals surface area contributed by atoms with Gasteiger partial charge in [0.05, 0.1) is 16.3 Å². The fraction of sp³-hybridized carbons (Fsp3) is 0.200. The lowest BCUT2D eigenvalue weighted by atomic mass is 10.3. The first kappa shape index (κ1) is 15.1. The van der Waals surface area contributed by atoms with Crippen molar-refractivity contribution in [2.75, 3.05) is 17.2 Å². The number of phenolic OH excluding ortho intramolecular Hbond substituents is 1. The summed E-state index contributed by atoms with van der Waals surface area (Å²) < 4.78 is 29.8. The van der Waals surface area contributed by atoms with Crippen LogP contribution in [0.5, 0.6) is 17.2 Å². The maximum absolute atomic E-state index is 12.1. The smallest absolute Gasteiger partial charge is 0.179 e. The molecule has 5 nitrogen and oxygen atoms in total. The van der Waals surface area contributed by atoms with Crippen molar-refractivity contribution in [3.8, 4) is 17.2 Å². The van der Waals surface area contributed by atoms with Crippen LogP contribution in [0.25, 0.3) is 0 Å². The topological polar surface area (TPSA) is 89.6 Å². The molecule has 1 aliphatic rings. The molecule has 0 radical (unpaired) electrons. The van der Waals surface area contributed by atoms with Crippen LogP contribution in [0.15, 0.2) is 47.4 Å². The van der Waals surface area contributed by atoms with Gasteiger partial charge in [-0.3, -0.25) is 0 Å². The van der Waals surface area contributed by atoms with Gasteiger partial charge in [-0.1, -0.05) is 0 Å². The van der Waals surface area contributed by atoms with E-state index < -0.39 is 9.84 Å². The number of rotatable bonds is 5. The van der Waals surface area contributed by atoms with E-state index in [0.717, 1.165) is 5.75 Å². The Bertz CT molecular complexity index is 784. The number of phenols is 1. The maximum atomic E-state index is 12.1. The van der Waals surface area contributed by atoms with Crippen molar-refractivity contribution < 1.29 is 18.3 Å². The Kier molecular flexibility index (Phi) is 3.92. The van der Waals surface area contributed by atoms with Gasteiger partial charge in [-0.15, -0.1) is 0 Å². The molecule has 1 fully saturated rings. The molecule has 7 heteroatoms. The summed E-state index contributed by atoms with van der Waals surface area (Å²) in [6.45, 7) is 0. The monoisotopic (exact) mass is 337 g/mol. The van der Waals surface area contributed by atoms with Crippen molar-refractivity contribution in [1.29, 1.82) is 0 Å². The number of anilines is 1. The van der Waals surface area contributed by atoms with Crippen LogP contribution in [0.1, 0.15) is 0 Å². The molecule has 1 unspecified atom stereocenters. The zero-order valence-corrected chi connectivity index (χ0v) is 13.2. The number of nitrogen functional groups attached to an aromatic ring is 1. The highest BCUT2D eigenvalue weighted by Gasteiger charge is 2.29. The summed E-state index contributed by atoms with van der Waals surface area (Å²) in [5.74, 6) is 1.96. The van der Waals surface area contributed by atoms with Gasteiger partial charge in [-0.05, 0) is 36.4 Å².